The second-order valence-electron chi connectivity index (χ2n) is 48.7. The molecule has 0 bridgehead atoms. The fourth-order valence-electron chi connectivity index (χ4n) is 34.7. The molecule has 0 spiro atoms. The van der Waals surface area contributed by atoms with Gasteiger partial charge in [0.15, 0.2) is 0 Å². The predicted octanol–water partition coefficient (Wildman–Crippen LogP) is 28.8. The molecule has 0 unspecified atom stereocenters. The second kappa shape index (κ2) is 39.7. The second-order valence-corrected chi connectivity index (χ2v) is 48.7. The fourth-order valence-corrected chi connectivity index (χ4v) is 34.7. The fraction of sp³-hybridized carbons (Fsp3) is 0.927. The third-order valence-corrected chi connectivity index (χ3v) is 41.1. The van der Waals surface area contributed by atoms with Crippen LogP contribution in [0.4, 0.5) is 0 Å². The Morgan fingerprint density at radius 1 is 0.250 bits per heavy atom. The lowest BCUT2D eigenvalue weighted by Gasteiger charge is -2.58. The van der Waals surface area contributed by atoms with E-state index in [2.05, 4.69) is 163 Å². The number of rotatable bonds is 20. The van der Waals surface area contributed by atoms with E-state index in [0.29, 0.717) is 43.3 Å². The molecule has 16 aliphatic carbocycles. The van der Waals surface area contributed by atoms with Gasteiger partial charge in [-0.25, -0.2) is 0 Å². The van der Waals surface area contributed by atoms with E-state index in [1.807, 2.05) is 0 Å². The maximum Gasteiger partial charge on any atom is 0.0577 e. The first-order valence-electron chi connectivity index (χ1n) is 51.4. The maximum absolute atomic E-state index is 10.2. The Morgan fingerprint density at radius 3 is 0.621 bits per heavy atom. The molecule has 12 saturated carbocycles. The Kier molecular flexibility index (Phi) is 32.7. The monoisotopic (exact) mass is 1610 g/mol. The zero-order valence-electron chi connectivity index (χ0n) is 80.3. The zero-order chi connectivity index (χ0) is 84.4. The van der Waals surface area contributed by atoms with Gasteiger partial charge in [-0.1, -0.05) is 262 Å². The van der Waals surface area contributed by atoms with E-state index in [0.717, 1.165) is 208 Å². The molecule has 0 radical (unpaired) electrons. The normalized spacial score (nSPS) is 45.0. The number of hydrogen-bond donors (Lipinski definition) is 6. The number of hydrogen-bond acceptors (Lipinski definition) is 6. The van der Waals surface area contributed by atoms with Gasteiger partial charge in [-0.05, 0) is 391 Å². The van der Waals surface area contributed by atoms with E-state index in [1.165, 1.54) is 231 Å². The number of fused-ring (bicyclic) bond motifs is 20. The summed E-state index contributed by atoms with van der Waals surface area (Å²) in [5.74, 6) is 21.8. The lowest BCUT2D eigenvalue weighted by atomic mass is 9.47. The van der Waals surface area contributed by atoms with Crippen molar-refractivity contribution < 1.29 is 30.6 Å². The zero-order valence-corrected chi connectivity index (χ0v) is 80.3. The first-order valence-corrected chi connectivity index (χ1v) is 51.4. The Morgan fingerprint density at radius 2 is 0.440 bits per heavy atom. The minimum absolute atomic E-state index is 0.0766. The van der Waals surface area contributed by atoms with Crippen molar-refractivity contribution in [2.75, 3.05) is 14.2 Å². The lowest BCUT2D eigenvalue weighted by Crippen LogP contribution is -2.50. The molecular formula is C110H192O6. The molecule has 668 valence electrons. The van der Waals surface area contributed by atoms with E-state index in [4.69, 9.17) is 10.2 Å². The number of aliphatic hydroxyl groups excluding tert-OH is 6. The molecule has 0 amide bonds. The molecule has 0 aromatic rings. The number of aliphatic hydroxyl groups is 6. The van der Waals surface area contributed by atoms with Crippen LogP contribution in [0.25, 0.3) is 0 Å². The minimum atomic E-state index is -0.0766. The highest BCUT2D eigenvalue weighted by Gasteiger charge is 2.64. The van der Waals surface area contributed by atoms with Crippen LogP contribution in [0.2, 0.25) is 0 Å². The average molecular weight is 1610 g/mol. The van der Waals surface area contributed by atoms with Crippen LogP contribution in [0, 0.1) is 185 Å². The summed E-state index contributed by atoms with van der Waals surface area (Å²) in [7, 11) is 2.00. The van der Waals surface area contributed by atoms with Gasteiger partial charge in [-0.3, -0.25) is 0 Å². The molecule has 12 fully saturated rings. The van der Waals surface area contributed by atoms with Gasteiger partial charge in [0.2, 0.25) is 0 Å². The molecule has 32 atom stereocenters. The summed E-state index contributed by atoms with van der Waals surface area (Å²) < 4.78 is 0. The summed E-state index contributed by atoms with van der Waals surface area (Å²) in [6.07, 6.45) is 68.6. The van der Waals surface area contributed by atoms with Crippen LogP contribution >= 0.6 is 0 Å². The highest BCUT2D eigenvalue weighted by molar-refractivity contribution is 5.30. The van der Waals surface area contributed by atoms with Gasteiger partial charge in [0.05, 0.1) is 24.4 Å². The predicted molar refractivity (Wildman–Crippen MR) is 492 cm³/mol. The molecule has 6 N–H and O–H groups in total. The van der Waals surface area contributed by atoms with Gasteiger partial charge in [-0.2, -0.15) is 0 Å². The van der Waals surface area contributed by atoms with E-state index < -0.39 is 0 Å². The van der Waals surface area contributed by atoms with Crippen LogP contribution in [0.5, 0.6) is 0 Å². The molecule has 0 heterocycles. The van der Waals surface area contributed by atoms with Crippen molar-refractivity contribution in [1.29, 1.82) is 0 Å². The largest absolute Gasteiger partial charge is 0.400 e. The Hall–Kier alpha value is -1.28. The first kappa shape index (κ1) is 95.4. The van der Waals surface area contributed by atoms with Gasteiger partial charge >= 0.3 is 0 Å². The van der Waals surface area contributed by atoms with Crippen LogP contribution in [-0.2, 0) is 0 Å². The van der Waals surface area contributed by atoms with E-state index >= 15 is 0 Å². The summed E-state index contributed by atoms with van der Waals surface area (Å²) >= 11 is 0. The van der Waals surface area contributed by atoms with Crippen LogP contribution in [0.1, 0.15) is 421 Å². The molecule has 0 aromatic carbocycles. The molecular weight excluding hydrogens is 1420 g/mol. The average Bonchev–Trinajstić information content (AvgIpc) is 0.781. The summed E-state index contributed by atoms with van der Waals surface area (Å²) in [6.45, 7) is 50.3. The van der Waals surface area contributed by atoms with Crippen LogP contribution in [0.3, 0.4) is 0 Å². The summed E-state index contributed by atoms with van der Waals surface area (Å²) in [5.41, 5.74) is 10.4. The summed E-state index contributed by atoms with van der Waals surface area (Å²) in [6, 6.07) is 0. The molecule has 116 heavy (non-hydrogen) atoms. The van der Waals surface area contributed by atoms with Crippen molar-refractivity contribution in [1.82, 2.24) is 0 Å². The molecule has 16 rings (SSSR count). The first-order chi connectivity index (χ1) is 55.0. The molecule has 6 heteroatoms. The van der Waals surface area contributed by atoms with Crippen LogP contribution in [-0.4, -0.2) is 69.3 Å². The highest BCUT2D eigenvalue weighted by Crippen LogP contribution is 2.73. The molecule has 6 nitrogen and oxygen atoms in total. The molecule has 16 aliphatic rings. The Bertz CT molecular complexity index is 2790. The minimum Gasteiger partial charge on any atom is -0.400 e. The van der Waals surface area contributed by atoms with E-state index in [9.17, 15) is 20.4 Å². The van der Waals surface area contributed by atoms with Crippen molar-refractivity contribution in [3.8, 4) is 0 Å². The summed E-state index contributed by atoms with van der Waals surface area (Å²) in [5, 5.41) is 54.8. The van der Waals surface area contributed by atoms with E-state index in [1.54, 1.807) is 22.3 Å². The van der Waals surface area contributed by atoms with Gasteiger partial charge in [0.25, 0.3) is 0 Å². The van der Waals surface area contributed by atoms with Crippen molar-refractivity contribution in [2.24, 2.45) is 185 Å². The van der Waals surface area contributed by atoms with Gasteiger partial charge in [-0.15, -0.1) is 0 Å². The van der Waals surface area contributed by atoms with Crippen molar-refractivity contribution >= 4 is 0 Å². The van der Waals surface area contributed by atoms with Crippen LogP contribution in [0.15, 0.2) is 46.6 Å². The topological polar surface area (TPSA) is 121 Å². The summed E-state index contributed by atoms with van der Waals surface area (Å²) in [4.78, 5) is 0. The molecule has 0 aromatic heterocycles. The lowest BCUT2D eigenvalue weighted by molar-refractivity contribution is -0.0573. The smallest absolute Gasteiger partial charge is 0.0577 e. The van der Waals surface area contributed by atoms with Crippen molar-refractivity contribution in [3.63, 3.8) is 0 Å². The molecule has 0 saturated heterocycles. The standard InChI is InChI=1S/4C27H46O.2CH4O/c4*1-18(2)7-6-8-19(3)23-11-12-24-22-10-9-20-17-21(28)13-15-26(20,4)25(22)14-16-27(23,24)5;2*1-2/h4*9,18-19,21-25,28H,6-8,10-17H2,1-5H3;2*2H,1H3/t4*19-,21+,22+,23-,24+,25+,26+,27-;;/m1111../s1. The Labute approximate surface area is 717 Å². The third kappa shape index (κ3) is 19.2. The van der Waals surface area contributed by atoms with Crippen molar-refractivity contribution in [2.45, 2.75) is 445 Å². The number of allylic oxidation sites excluding steroid dienone is 4. The van der Waals surface area contributed by atoms with Gasteiger partial charge in [0.1, 0.15) is 0 Å². The van der Waals surface area contributed by atoms with Crippen LogP contribution < -0.4 is 0 Å². The quantitative estimate of drug-likeness (QED) is 0.0676. The highest BCUT2D eigenvalue weighted by atomic mass is 16.3. The van der Waals surface area contributed by atoms with Gasteiger partial charge < -0.3 is 30.6 Å². The van der Waals surface area contributed by atoms with Crippen molar-refractivity contribution in [3.05, 3.63) is 46.6 Å². The molecule has 0 aliphatic heterocycles. The third-order valence-electron chi connectivity index (χ3n) is 41.1. The SMILES string of the molecule is CC(C)CCC[C@@H](C)[C@H]1CC[C@H]2[C@@H]3CC=C4C[C@@H](O)CC[C@]4(C)[C@H]3CC[C@]12C.CC(C)CCC[C@@H](C)[C@H]1CC[C@H]2[C@@H]3CC=C4C[C@@H](O)CC[C@]4(C)[C@H]3CC[C@]12C.CC(C)CCC[C@@H](C)[C@H]1CC[C@H]2[C@@H]3CC=C4C[C@@H](O)CC[C@]4(C)[C@H]3CC[C@]12C.CC(C)CCC[C@@H](C)[C@H]1CC[C@H]2[C@@H]3CC=C4C[C@@H](O)CC[C@]4(C)[C@H]3CC[C@]12C.CO.CO. The Balaban J connectivity index is 0.000000150. The maximum atomic E-state index is 10.2. The van der Waals surface area contributed by atoms with Gasteiger partial charge in [0, 0.05) is 14.2 Å². The van der Waals surface area contributed by atoms with E-state index in [-0.39, 0.29) is 24.4 Å².